The maximum atomic E-state index is 12.8. The number of carbonyl (C=O) groups excluding carboxylic acids is 2. The van der Waals surface area contributed by atoms with Gasteiger partial charge < -0.3 is 10.6 Å². The number of nitrogens with one attached hydrogen (secondary N) is 3. The van der Waals surface area contributed by atoms with Gasteiger partial charge in [-0.2, -0.15) is 0 Å². The van der Waals surface area contributed by atoms with Gasteiger partial charge in [0.15, 0.2) is 0 Å². The zero-order valence-corrected chi connectivity index (χ0v) is 19.2. The minimum absolute atomic E-state index is 0.0737. The molecule has 1 saturated carbocycles. The second-order valence-electron chi connectivity index (χ2n) is 8.49. The van der Waals surface area contributed by atoms with Crippen LogP contribution in [0.3, 0.4) is 0 Å². The molecule has 166 valence electrons. The molecule has 32 heavy (non-hydrogen) atoms. The highest BCUT2D eigenvalue weighted by molar-refractivity contribution is 7.10. The number of hydrogen-bond acceptors (Lipinski definition) is 4. The topological polar surface area (TPSA) is 70.2 Å². The molecule has 5 nitrogen and oxygen atoms in total. The largest absolute Gasteiger partial charge is 0.349 e. The van der Waals surface area contributed by atoms with E-state index in [0.717, 1.165) is 23.3 Å². The Hall–Kier alpha value is -2.96. The summed E-state index contributed by atoms with van der Waals surface area (Å²) in [4.78, 5) is 26.4. The van der Waals surface area contributed by atoms with Gasteiger partial charge in [0.1, 0.15) is 0 Å². The van der Waals surface area contributed by atoms with Crippen LogP contribution in [0.15, 0.2) is 66.0 Å². The van der Waals surface area contributed by atoms with Crippen LogP contribution in [0.25, 0.3) is 0 Å². The normalized spacial score (nSPS) is 14.2. The molecule has 0 spiro atoms. The van der Waals surface area contributed by atoms with Crippen LogP contribution in [-0.4, -0.2) is 24.4 Å². The molecule has 1 atom stereocenters. The lowest BCUT2D eigenvalue weighted by molar-refractivity contribution is -0.115. The molecule has 2 amide bonds. The molecule has 3 N–H and O–H groups in total. The van der Waals surface area contributed by atoms with E-state index in [1.165, 1.54) is 5.56 Å². The third-order valence-corrected chi connectivity index (χ3v) is 6.53. The van der Waals surface area contributed by atoms with E-state index in [1.807, 2.05) is 23.6 Å². The lowest BCUT2D eigenvalue weighted by atomic mass is 9.98. The number of benzene rings is 2. The summed E-state index contributed by atoms with van der Waals surface area (Å²) < 4.78 is 0. The Morgan fingerprint density at radius 3 is 2.34 bits per heavy atom. The standard InChI is InChI=1S/C26H29N3O2S/c1-17(2)18-9-11-19(12-10-18)25(23-8-5-15-32-23)27-16-24(30)29-22-7-4-3-6-21(22)26(31)28-20-13-14-20/h3-12,15,17,20,25,27H,13-14,16H2,1-2H3,(H,28,31)(H,29,30)/t25-/m0/s1. The van der Waals surface area contributed by atoms with E-state index in [2.05, 4.69) is 60.1 Å². The molecule has 3 aromatic rings. The minimum atomic E-state index is -0.183. The van der Waals surface area contributed by atoms with Crippen LogP contribution in [0.5, 0.6) is 0 Å². The monoisotopic (exact) mass is 447 g/mol. The first-order chi connectivity index (χ1) is 15.5. The molecule has 1 aliphatic rings. The Morgan fingerprint density at radius 1 is 0.969 bits per heavy atom. The molecule has 4 rings (SSSR count). The van der Waals surface area contributed by atoms with Crippen molar-refractivity contribution in [2.45, 2.75) is 44.7 Å². The number of amides is 2. The third kappa shape index (κ3) is 5.64. The van der Waals surface area contributed by atoms with E-state index >= 15 is 0 Å². The average Bonchev–Trinajstić information content (AvgIpc) is 3.44. The number of thiophene rings is 1. The van der Waals surface area contributed by atoms with Crippen molar-refractivity contribution >= 4 is 28.8 Å². The number of hydrogen-bond donors (Lipinski definition) is 3. The van der Waals surface area contributed by atoms with Crippen LogP contribution in [0.4, 0.5) is 5.69 Å². The van der Waals surface area contributed by atoms with Gasteiger partial charge in [-0.1, -0.05) is 56.3 Å². The summed E-state index contributed by atoms with van der Waals surface area (Å²) in [6.07, 6.45) is 2.04. The molecule has 1 fully saturated rings. The van der Waals surface area contributed by atoms with Crippen LogP contribution < -0.4 is 16.0 Å². The van der Waals surface area contributed by atoms with Crippen molar-refractivity contribution < 1.29 is 9.59 Å². The molecule has 0 aliphatic heterocycles. The summed E-state index contributed by atoms with van der Waals surface area (Å²) in [5.41, 5.74) is 3.43. The first-order valence-corrected chi connectivity index (χ1v) is 12.0. The molecule has 1 aromatic heterocycles. The molecule has 2 aromatic carbocycles. The van der Waals surface area contributed by atoms with Crippen LogP contribution >= 0.6 is 11.3 Å². The highest BCUT2D eigenvalue weighted by Gasteiger charge is 2.25. The third-order valence-electron chi connectivity index (χ3n) is 5.59. The average molecular weight is 448 g/mol. The molecular weight excluding hydrogens is 418 g/mol. The van der Waals surface area contributed by atoms with Gasteiger partial charge in [-0.05, 0) is 53.5 Å². The number of anilines is 1. The van der Waals surface area contributed by atoms with Crippen LogP contribution in [0, 0.1) is 0 Å². The zero-order chi connectivity index (χ0) is 22.5. The van der Waals surface area contributed by atoms with Crippen molar-refractivity contribution in [2.75, 3.05) is 11.9 Å². The van der Waals surface area contributed by atoms with Gasteiger partial charge in [0.05, 0.1) is 23.8 Å². The van der Waals surface area contributed by atoms with Crippen LogP contribution in [0.1, 0.15) is 65.0 Å². The Labute approximate surface area is 193 Å². The molecule has 0 bridgehead atoms. The van der Waals surface area contributed by atoms with Crippen LogP contribution in [-0.2, 0) is 4.79 Å². The molecule has 0 radical (unpaired) electrons. The van der Waals surface area contributed by atoms with E-state index in [0.29, 0.717) is 17.2 Å². The molecule has 0 unspecified atom stereocenters. The van der Waals surface area contributed by atoms with Gasteiger partial charge in [0.2, 0.25) is 5.91 Å². The Morgan fingerprint density at radius 2 is 1.69 bits per heavy atom. The number of rotatable bonds is 9. The minimum Gasteiger partial charge on any atom is -0.349 e. The SMILES string of the molecule is CC(C)c1ccc([C@H](NCC(=O)Nc2ccccc2C(=O)NC2CC2)c2cccs2)cc1. The van der Waals surface area contributed by atoms with Gasteiger partial charge in [0.25, 0.3) is 5.91 Å². The van der Waals surface area contributed by atoms with E-state index in [1.54, 1.807) is 23.5 Å². The maximum absolute atomic E-state index is 12.8. The fourth-order valence-electron chi connectivity index (χ4n) is 3.58. The molecule has 1 heterocycles. The molecular formula is C26H29N3O2S. The zero-order valence-electron chi connectivity index (χ0n) is 18.4. The summed E-state index contributed by atoms with van der Waals surface area (Å²) in [6, 6.07) is 20.0. The summed E-state index contributed by atoms with van der Waals surface area (Å²) in [7, 11) is 0. The Kier molecular flexibility index (Phi) is 7.02. The highest BCUT2D eigenvalue weighted by Crippen LogP contribution is 2.27. The Bertz CT molecular complexity index is 1060. The van der Waals surface area contributed by atoms with Gasteiger partial charge in [-0.15, -0.1) is 11.3 Å². The van der Waals surface area contributed by atoms with Gasteiger partial charge in [-0.3, -0.25) is 14.9 Å². The van der Waals surface area contributed by atoms with Crippen molar-refractivity contribution in [1.29, 1.82) is 0 Å². The number of carbonyl (C=O) groups is 2. The van der Waals surface area contributed by atoms with E-state index < -0.39 is 0 Å². The van der Waals surface area contributed by atoms with Gasteiger partial charge in [0, 0.05) is 10.9 Å². The maximum Gasteiger partial charge on any atom is 0.253 e. The second-order valence-corrected chi connectivity index (χ2v) is 9.47. The number of para-hydroxylation sites is 1. The predicted octanol–water partition coefficient (Wildman–Crippen LogP) is 5.08. The van der Waals surface area contributed by atoms with E-state index in [4.69, 9.17) is 0 Å². The smallest absolute Gasteiger partial charge is 0.253 e. The van der Waals surface area contributed by atoms with Gasteiger partial charge >= 0.3 is 0 Å². The fraction of sp³-hybridized carbons (Fsp3) is 0.308. The van der Waals surface area contributed by atoms with E-state index in [-0.39, 0.29) is 30.4 Å². The molecule has 6 heteroatoms. The summed E-state index contributed by atoms with van der Waals surface area (Å²) in [5, 5.41) is 11.3. The first kappa shape index (κ1) is 22.2. The summed E-state index contributed by atoms with van der Waals surface area (Å²) in [6.45, 7) is 4.49. The van der Waals surface area contributed by atoms with E-state index in [9.17, 15) is 9.59 Å². The van der Waals surface area contributed by atoms with Crippen molar-refractivity contribution in [1.82, 2.24) is 10.6 Å². The van der Waals surface area contributed by atoms with Crippen molar-refractivity contribution in [3.8, 4) is 0 Å². The molecule has 1 aliphatic carbocycles. The van der Waals surface area contributed by atoms with Crippen LogP contribution in [0.2, 0.25) is 0 Å². The lowest BCUT2D eigenvalue weighted by Gasteiger charge is -2.19. The van der Waals surface area contributed by atoms with Crippen molar-refractivity contribution in [3.05, 3.63) is 87.6 Å². The quantitative estimate of drug-likeness (QED) is 0.428. The summed E-state index contributed by atoms with van der Waals surface area (Å²) >= 11 is 1.66. The summed E-state index contributed by atoms with van der Waals surface area (Å²) in [5.74, 6) is 0.148. The highest BCUT2D eigenvalue weighted by atomic mass is 32.1. The first-order valence-electron chi connectivity index (χ1n) is 11.1. The van der Waals surface area contributed by atoms with Gasteiger partial charge in [-0.25, -0.2) is 0 Å². The van der Waals surface area contributed by atoms with Crippen molar-refractivity contribution in [3.63, 3.8) is 0 Å². The Balaban J connectivity index is 1.43. The van der Waals surface area contributed by atoms with Crippen molar-refractivity contribution in [2.24, 2.45) is 0 Å². The lowest BCUT2D eigenvalue weighted by Crippen LogP contribution is -2.32. The predicted molar refractivity (Wildman–Crippen MR) is 130 cm³/mol. The second kappa shape index (κ2) is 10.1. The molecule has 0 saturated heterocycles. The fourth-order valence-corrected chi connectivity index (χ4v) is 4.41.